The molecule has 0 bridgehead atoms. The van der Waals surface area contributed by atoms with Gasteiger partial charge in [0.25, 0.3) is 0 Å². The number of para-hydroxylation sites is 1. The predicted octanol–water partition coefficient (Wildman–Crippen LogP) is 4.08. The van der Waals surface area contributed by atoms with Crippen molar-refractivity contribution in [1.29, 1.82) is 0 Å². The first-order valence-corrected chi connectivity index (χ1v) is 10.7. The van der Waals surface area contributed by atoms with E-state index < -0.39 is 9.84 Å². The van der Waals surface area contributed by atoms with Crippen LogP contribution in [0.1, 0.15) is 11.1 Å². The van der Waals surface area contributed by atoms with E-state index in [1.54, 1.807) is 36.7 Å². The molecule has 0 amide bonds. The Hall–Kier alpha value is -3.06. The molecular weight excluding hydrogens is 377 g/mol. The molecule has 0 saturated carbocycles. The van der Waals surface area contributed by atoms with E-state index in [0.29, 0.717) is 5.69 Å². The van der Waals surface area contributed by atoms with E-state index in [9.17, 15) is 12.8 Å². The van der Waals surface area contributed by atoms with Crippen molar-refractivity contribution < 1.29 is 12.8 Å². The average Bonchev–Trinajstić information content (AvgIpc) is 3.11. The number of pyridine rings is 1. The molecule has 2 aromatic carbocycles. The van der Waals surface area contributed by atoms with Gasteiger partial charge in [-0.25, -0.2) is 22.5 Å². The Balaban J connectivity index is 1.74. The minimum atomic E-state index is -3.10. The Bertz CT molecular complexity index is 1300. The standard InChI is InChI=1S/C21H18FN3O2S/c1-14-9-20(16-11-23-25(12-16)21-6-4-3-5-18(21)22)24-19-8-7-15(10-17(14)19)13-28(2,26)27/h3-12H,13H2,1-2H3. The molecule has 5 nitrogen and oxygen atoms in total. The molecular formula is C21H18FN3O2S. The van der Waals surface area contributed by atoms with Gasteiger partial charge in [0.15, 0.2) is 9.84 Å². The van der Waals surface area contributed by atoms with Gasteiger partial charge >= 0.3 is 0 Å². The van der Waals surface area contributed by atoms with Gasteiger partial charge in [-0.15, -0.1) is 0 Å². The normalized spacial score (nSPS) is 11.8. The van der Waals surface area contributed by atoms with Gasteiger partial charge in [0.05, 0.1) is 23.2 Å². The van der Waals surface area contributed by atoms with E-state index in [2.05, 4.69) is 10.1 Å². The summed E-state index contributed by atoms with van der Waals surface area (Å²) in [5, 5.41) is 5.17. The molecule has 0 fully saturated rings. The number of fused-ring (bicyclic) bond motifs is 1. The molecule has 0 saturated heterocycles. The molecule has 0 aliphatic heterocycles. The molecule has 0 unspecified atom stereocenters. The second-order valence-electron chi connectivity index (χ2n) is 6.87. The number of aromatic nitrogens is 3. The molecule has 2 heterocycles. The SMILES string of the molecule is Cc1cc(-c2cnn(-c3ccccc3F)c2)nc2ccc(CS(C)(=O)=O)cc12. The number of hydrogen-bond acceptors (Lipinski definition) is 4. The van der Waals surface area contributed by atoms with Crippen LogP contribution in [0.15, 0.2) is 60.9 Å². The van der Waals surface area contributed by atoms with Crippen LogP contribution in [0.2, 0.25) is 0 Å². The summed E-state index contributed by atoms with van der Waals surface area (Å²) in [4.78, 5) is 4.68. The number of halogens is 1. The number of hydrogen-bond donors (Lipinski definition) is 0. The summed E-state index contributed by atoms with van der Waals surface area (Å²) in [7, 11) is -3.10. The lowest BCUT2D eigenvalue weighted by Crippen LogP contribution is -2.01. The third-order valence-corrected chi connectivity index (χ3v) is 5.34. The third kappa shape index (κ3) is 3.66. The number of benzene rings is 2. The van der Waals surface area contributed by atoms with Gasteiger partial charge in [-0.05, 0) is 48.4 Å². The highest BCUT2D eigenvalue weighted by Crippen LogP contribution is 2.26. The second kappa shape index (κ2) is 6.83. The van der Waals surface area contributed by atoms with Crippen molar-refractivity contribution in [1.82, 2.24) is 14.8 Å². The quantitative estimate of drug-likeness (QED) is 0.522. The monoisotopic (exact) mass is 395 g/mol. The van der Waals surface area contributed by atoms with Crippen molar-refractivity contribution in [3.05, 3.63) is 77.9 Å². The minimum Gasteiger partial charge on any atom is -0.248 e. The lowest BCUT2D eigenvalue weighted by molar-refractivity contribution is 0.601. The lowest BCUT2D eigenvalue weighted by atomic mass is 10.0. The predicted molar refractivity (Wildman–Crippen MR) is 108 cm³/mol. The zero-order valence-corrected chi connectivity index (χ0v) is 16.2. The van der Waals surface area contributed by atoms with E-state index >= 15 is 0 Å². The summed E-state index contributed by atoms with van der Waals surface area (Å²) in [6, 6.07) is 13.8. The first-order chi connectivity index (χ1) is 13.3. The Morgan fingerprint density at radius 3 is 2.64 bits per heavy atom. The molecule has 0 aliphatic rings. The molecule has 0 spiro atoms. The zero-order chi connectivity index (χ0) is 19.9. The Kier molecular flexibility index (Phi) is 4.47. The molecule has 4 aromatic rings. The fourth-order valence-electron chi connectivity index (χ4n) is 3.21. The lowest BCUT2D eigenvalue weighted by Gasteiger charge is -2.08. The summed E-state index contributed by atoms with van der Waals surface area (Å²) < 4.78 is 38.6. The first-order valence-electron chi connectivity index (χ1n) is 8.68. The molecule has 0 atom stereocenters. The average molecular weight is 395 g/mol. The van der Waals surface area contributed by atoms with Crippen LogP contribution in [-0.2, 0) is 15.6 Å². The van der Waals surface area contributed by atoms with E-state index in [0.717, 1.165) is 33.3 Å². The Labute approximate surface area is 162 Å². The van der Waals surface area contributed by atoms with Crippen LogP contribution in [0.5, 0.6) is 0 Å². The minimum absolute atomic E-state index is 0.000455. The fourth-order valence-corrected chi connectivity index (χ4v) is 3.99. The van der Waals surface area contributed by atoms with Crippen LogP contribution in [0.4, 0.5) is 4.39 Å². The topological polar surface area (TPSA) is 64.8 Å². The van der Waals surface area contributed by atoms with Gasteiger partial charge in [-0.2, -0.15) is 5.10 Å². The maximum Gasteiger partial charge on any atom is 0.151 e. The van der Waals surface area contributed by atoms with Crippen molar-refractivity contribution in [2.75, 3.05) is 6.26 Å². The largest absolute Gasteiger partial charge is 0.248 e. The smallest absolute Gasteiger partial charge is 0.151 e. The maximum atomic E-state index is 14.0. The highest BCUT2D eigenvalue weighted by molar-refractivity contribution is 7.89. The van der Waals surface area contributed by atoms with Gasteiger partial charge in [0.2, 0.25) is 0 Å². The van der Waals surface area contributed by atoms with Gasteiger partial charge in [-0.3, -0.25) is 0 Å². The molecule has 2 aromatic heterocycles. The summed E-state index contributed by atoms with van der Waals surface area (Å²) in [6.45, 7) is 1.96. The molecule has 7 heteroatoms. The summed E-state index contributed by atoms with van der Waals surface area (Å²) >= 11 is 0. The summed E-state index contributed by atoms with van der Waals surface area (Å²) in [6.07, 6.45) is 4.61. The van der Waals surface area contributed by atoms with Crippen LogP contribution < -0.4 is 0 Å². The van der Waals surface area contributed by atoms with Gasteiger partial charge in [0.1, 0.15) is 11.5 Å². The van der Waals surface area contributed by atoms with E-state index in [1.807, 2.05) is 25.1 Å². The molecule has 142 valence electrons. The van der Waals surface area contributed by atoms with Crippen molar-refractivity contribution in [2.45, 2.75) is 12.7 Å². The van der Waals surface area contributed by atoms with E-state index in [1.165, 1.54) is 17.0 Å². The van der Waals surface area contributed by atoms with Crippen molar-refractivity contribution in [3.63, 3.8) is 0 Å². The molecule has 28 heavy (non-hydrogen) atoms. The van der Waals surface area contributed by atoms with Crippen molar-refractivity contribution >= 4 is 20.7 Å². The van der Waals surface area contributed by atoms with Crippen LogP contribution in [0, 0.1) is 12.7 Å². The zero-order valence-electron chi connectivity index (χ0n) is 15.4. The van der Waals surface area contributed by atoms with Crippen LogP contribution >= 0.6 is 0 Å². The van der Waals surface area contributed by atoms with Crippen LogP contribution in [0.25, 0.3) is 27.8 Å². The fraction of sp³-hybridized carbons (Fsp3) is 0.143. The van der Waals surface area contributed by atoms with Crippen LogP contribution in [0.3, 0.4) is 0 Å². The third-order valence-electron chi connectivity index (χ3n) is 4.49. The Morgan fingerprint density at radius 2 is 1.89 bits per heavy atom. The second-order valence-corrected chi connectivity index (χ2v) is 9.01. The maximum absolute atomic E-state index is 14.0. The van der Waals surface area contributed by atoms with E-state index in [-0.39, 0.29) is 11.6 Å². The molecule has 0 aliphatic carbocycles. The summed E-state index contributed by atoms with van der Waals surface area (Å²) in [5.41, 5.74) is 4.36. The van der Waals surface area contributed by atoms with Gasteiger partial charge in [0, 0.05) is 23.4 Å². The molecule has 0 radical (unpaired) electrons. The number of rotatable bonds is 4. The molecule has 4 rings (SSSR count). The highest BCUT2D eigenvalue weighted by atomic mass is 32.2. The van der Waals surface area contributed by atoms with Crippen molar-refractivity contribution in [2.24, 2.45) is 0 Å². The molecule has 0 N–H and O–H groups in total. The highest BCUT2D eigenvalue weighted by Gasteiger charge is 2.11. The van der Waals surface area contributed by atoms with Crippen LogP contribution in [-0.4, -0.2) is 29.4 Å². The number of aryl methyl sites for hydroxylation is 1. The summed E-state index contributed by atoms with van der Waals surface area (Å²) in [5.74, 6) is -0.349. The number of sulfone groups is 1. The first kappa shape index (κ1) is 18.3. The van der Waals surface area contributed by atoms with E-state index in [4.69, 9.17) is 0 Å². The van der Waals surface area contributed by atoms with Gasteiger partial charge in [-0.1, -0.05) is 18.2 Å². The Morgan fingerprint density at radius 1 is 1.11 bits per heavy atom. The van der Waals surface area contributed by atoms with Gasteiger partial charge < -0.3 is 0 Å². The van der Waals surface area contributed by atoms with Crippen molar-refractivity contribution in [3.8, 4) is 16.9 Å². The number of nitrogens with zero attached hydrogens (tertiary/aromatic N) is 3.